The number of esters is 1. The fourth-order valence-corrected chi connectivity index (χ4v) is 1.83. The summed E-state index contributed by atoms with van der Waals surface area (Å²) in [7, 11) is 0. The van der Waals surface area contributed by atoms with Gasteiger partial charge in [-0.1, -0.05) is 5.16 Å². The molecule has 1 unspecified atom stereocenters. The van der Waals surface area contributed by atoms with E-state index in [4.69, 9.17) is 13.7 Å². The maximum Gasteiger partial charge on any atom is 0.375 e. The predicted molar refractivity (Wildman–Crippen MR) is 74.8 cm³/mol. The van der Waals surface area contributed by atoms with Crippen molar-refractivity contribution in [3.63, 3.8) is 0 Å². The van der Waals surface area contributed by atoms with Crippen molar-refractivity contribution >= 4 is 5.97 Å². The van der Waals surface area contributed by atoms with Gasteiger partial charge in [0.05, 0.1) is 0 Å². The maximum absolute atomic E-state index is 11.9. The molecule has 0 aliphatic rings. The van der Waals surface area contributed by atoms with Crippen LogP contribution in [-0.4, -0.2) is 21.1 Å². The van der Waals surface area contributed by atoms with E-state index < -0.39 is 12.1 Å². The topological polar surface area (TPSA) is 91.2 Å². The normalized spacial score (nSPS) is 12.1. The molecule has 0 aliphatic heterocycles. The lowest BCUT2D eigenvalue weighted by molar-refractivity contribution is 0.0229. The van der Waals surface area contributed by atoms with E-state index in [1.165, 1.54) is 0 Å². The minimum absolute atomic E-state index is 0.136. The second kappa shape index (κ2) is 5.80. The van der Waals surface area contributed by atoms with E-state index in [2.05, 4.69) is 15.1 Å². The molecule has 3 rings (SSSR count). The minimum Gasteiger partial charge on any atom is -0.454 e. The van der Waals surface area contributed by atoms with Crippen molar-refractivity contribution in [1.29, 1.82) is 0 Å². The first-order valence-corrected chi connectivity index (χ1v) is 6.65. The Morgan fingerprint density at radius 1 is 1.32 bits per heavy atom. The van der Waals surface area contributed by atoms with E-state index in [0.717, 1.165) is 5.56 Å². The summed E-state index contributed by atoms with van der Waals surface area (Å²) >= 11 is 0. The average molecular weight is 299 g/mol. The molecule has 112 valence electrons. The molecule has 3 aromatic heterocycles. The van der Waals surface area contributed by atoms with Crippen LogP contribution in [0.2, 0.25) is 0 Å². The predicted octanol–water partition coefficient (Wildman–Crippen LogP) is 2.95. The van der Waals surface area contributed by atoms with E-state index in [1.807, 2.05) is 6.07 Å². The van der Waals surface area contributed by atoms with Gasteiger partial charge in [-0.25, -0.2) is 4.79 Å². The molecule has 7 nitrogen and oxygen atoms in total. The number of ether oxygens (including phenoxy) is 1. The third kappa shape index (κ3) is 2.88. The third-order valence-corrected chi connectivity index (χ3v) is 2.93. The van der Waals surface area contributed by atoms with Crippen molar-refractivity contribution in [2.24, 2.45) is 0 Å². The standard InChI is InChI=1S/C15H13N3O4/c1-9-5-6-12(20-9)15(19)21-10(2)14-17-13(18-22-14)11-4-3-7-16-8-11/h3-8,10H,1-2H3. The Kier molecular flexibility index (Phi) is 3.69. The second-order valence-corrected chi connectivity index (χ2v) is 4.66. The Morgan fingerprint density at radius 3 is 2.86 bits per heavy atom. The number of carbonyl (C=O) groups excluding carboxylic acids is 1. The quantitative estimate of drug-likeness (QED) is 0.684. The molecular formula is C15H13N3O4. The first-order valence-electron chi connectivity index (χ1n) is 6.65. The summed E-state index contributed by atoms with van der Waals surface area (Å²) in [4.78, 5) is 20.1. The van der Waals surface area contributed by atoms with E-state index in [-0.39, 0.29) is 11.7 Å². The lowest BCUT2D eigenvalue weighted by atomic mass is 10.3. The molecule has 0 aliphatic carbocycles. The molecule has 0 radical (unpaired) electrons. The summed E-state index contributed by atoms with van der Waals surface area (Å²) in [5.41, 5.74) is 0.720. The summed E-state index contributed by atoms with van der Waals surface area (Å²) in [6.45, 7) is 3.40. The lowest BCUT2D eigenvalue weighted by Crippen LogP contribution is -2.08. The Hall–Kier alpha value is -2.96. The molecule has 22 heavy (non-hydrogen) atoms. The van der Waals surface area contributed by atoms with Gasteiger partial charge in [-0.3, -0.25) is 4.98 Å². The molecular weight excluding hydrogens is 286 g/mol. The fourth-order valence-electron chi connectivity index (χ4n) is 1.83. The van der Waals surface area contributed by atoms with Crippen LogP contribution in [0.1, 0.15) is 35.2 Å². The van der Waals surface area contributed by atoms with Gasteiger partial charge in [0.15, 0.2) is 6.10 Å². The summed E-state index contributed by atoms with van der Waals surface area (Å²) in [5, 5.41) is 3.85. The Labute approximate surface area is 125 Å². The Morgan fingerprint density at radius 2 is 2.18 bits per heavy atom. The van der Waals surface area contributed by atoms with Crippen LogP contribution in [0.25, 0.3) is 11.4 Å². The molecule has 0 saturated carbocycles. The molecule has 7 heteroatoms. The Balaban J connectivity index is 1.72. The molecule has 1 atom stereocenters. The number of hydrogen-bond acceptors (Lipinski definition) is 7. The van der Waals surface area contributed by atoms with Crippen LogP contribution < -0.4 is 0 Å². The number of aromatic nitrogens is 3. The van der Waals surface area contributed by atoms with E-state index in [0.29, 0.717) is 11.6 Å². The van der Waals surface area contributed by atoms with Gasteiger partial charge in [0.25, 0.3) is 5.89 Å². The summed E-state index contributed by atoms with van der Waals surface area (Å²) in [5.74, 6) is 0.782. The zero-order chi connectivity index (χ0) is 15.5. The van der Waals surface area contributed by atoms with Crippen LogP contribution in [-0.2, 0) is 4.74 Å². The Bertz CT molecular complexity index is 779. The van der Waals surface area contributed by atoms with Gasteiger partial charge in [0, 0.05) is 18.0 Å². The van der Waals surface area contributed by atoms with E-state index in [1.54, 1.807) is 44.4 Å². The molecule has 0 bridgehead atoms. The van der Waals surface area contributed by atoms with Gasteiger partial charge in [-0.2, -0.15) is 4.98 Å². The summed E-state index contributed by atoms with van der Waals surface area (Å²) in [6, 6.07) is 6.83. The fraction of sp³-hybridized carbons (Fsp3) is 0.200. The number of hydrogen-bond donors (Lipinski definition) is 0. The number of furan rings is 1. The maximum atomic E-state index is 11.9. The van der Waals surface area contributed by atoms with Gasteiger partial charge in [0.1, 0.15) is 5.76 Å². The molecule has 3 aromatic rings. The molecule has 0 aromatic carbocycles. The molecule has 0 N–H and O–H groups in total. The van der Waals surface area contributed by atoms with Crippen molar-refractivity contribution in [1.82, 2.24) is 15.1 Å². The molecule has 0 spiro atoms. The van der Waals surface area contributed by atoms with Crippen LogP contribution in [0.5, 0.6) is 0 Å². The number of rotatable bonds is 4. The second-order valence-electron chi connectivity index (χ2n) is 4.66. The smallest absolute Gasteiger partial charge is 0.375 e. The third-order valence-electron chi connectivity index (χ3n) is 2.93. The minimum atomic E-state index is -0.684. The van der Waals surface area contributed by atoms with Crippen LogP contribution in [0.4, 0.5) is 0 Å². The number of nitrogens with zero attached hydrogens (tertiary/aromatic N) is 3. The van der Waals surface area contributed by atoms with E-state index in [9.17, 15) is 4.79 Å². The average Bonchev–Trinajstić information content (AvgIpc) is 3.17. The van der Waals surface area contributed by atoms with Gasteiger partial charge in [-0.15, -0.1) is 0 Å². The first-order chi connectivity index (χ1) is 10.6. The van der Waals surface area contributed by atoms with Crippen LogP contribution in [0.3, 0.4) is 0 Å². The van der Waals surface area contributed by atoms with E-state index >= 15 is 0 Å². The van der Waals surface area contributed by atoms with Gasteiger partial charge in [0.2, 0.25) is 11.6 Å². The highest BCUT2D eigenvalue weighted by molar-refractivity contribution is 5.86. The largest absolute Gasteiger partial charge is 0.454 e. The highest BCUT2D eigenvalue weighted by Gasteiger charge is 2.21. The highest BCUT2D eigenvalue weighted by Crippen LogP contribution is 2.21. The zero-order valence-corrected chi connectivity index (χ0v) is 12.0. The number of pyridine rings is 1. The van der Waals surface area contributed by atoms with Gasteiger partial charge >= 0.3 is 5.97 Å². The monoisotopic (exact) mass is 299 g/mol. The van der Waals surface area contributed by atoms with Crippen molar-refractivity contribution < 1.29 is 18.5 Å². The van der Waals surface area contributed by atoms with Crippen molar-refractivity contribution in [3.05, 3.63) is 54.1 Å². The zero-order valence-electron chi connectivity index (χ0n) is 12.0. The van der Waals surface area contributed by atoms with Crippen molar-refractivity contribution in [2.45, 2.75) is 20.0 Å². The van der Waals surface area contributed by atoms with Crippen molar-refractivity contribution in [2.75, 3.05) is 0 Å². The molecule has 3 heterocycles. The van der Waals surface area contributed by atoms with Gasteiger partial charge < -0.3 is 13.7 Å². The van der Waals surface area contributed by atoms with Crippen LogP contribution in [0, 0.1) is 6.92 Å². The van der Waals surface area contributed by atoms with Crippen molar-refractivity contribution in [3.8, 4) is 11.4 Å². The summed E-state index contributed by atoms with van der Waals surface area (Å²) in [6.07, 6.45) is 2.59. The number of aryl methyl sites for hydroxylation is 1. The SMILES string of the molecule is Cc1ccc(C(=O)OC(C)c2nc(-c3cccnc3)no2)o1. The van der Waals surface area contributed by atoms with Gasteiger partial charge in [-0.05, 0) is 38.1 Å². The first kappa shape index (κ1) is 14.0. The highest BCUT2D eigenvalue weighted by atomic mass is 16.6. The molecule has 0 saturated heterocycles. The van der Waals surface area contributed by atoms with Crippen LogP contribution in [0.15, 0.2) is 45.6 Å². The number of carbonyl (C=O) groups is 1. The lowest BCUT2D eigenvalue weighted by Gasteiger charge is -2.07. The molecule has 0 amide bonds. The summed E-state index contributed by atoms with van der Waals surface area (Å²) < 4.78 is 15.6. The molecule has 0 fully saturated rings. The van der Waals surface area contributed by atoms with Crippen LogP contribution >= 0.6 is 0 Å².